The van der Waals surface area contributed by atoms with E-state index in [9.17, 15) is 32.8 Å². The zero-order chi connectivity index (χ0) is 49.7. The molecule has 364 valence electrons. The lowest BCUT2D eigenvalue weighted by atomic mass is 10.0. The van der Waals surface area contributed by atoms with Crippen molar-refractivity contribution in [1.29, 1.82) is 0 Å². The number of nitrogens with one attached hydrogen (secondary N) is 4. The highest BCUT2D eigenvalue weighted by Gasteiger charge is 2.39. The highest BCUT2D eigenvalue weighted by Crippen LogP contribution is 2.46. The van der Waals surface area contributed by atoms with Gasteiger partial charge in [0.2, 0.25) is 18.0 Å². The van der Waals surface area contributed by atoms with Crippen LogP contribution in [0.2, 0.25) is 0 Å². The third kappa shape index (κ3) is 12.6. The number of rotatable bonds is 10. The van der Waals surface area contributed by atoms with E-state index in [1.807, 2.05) is 20.6 Å². The third-order valence-corrected chi connectivity index (χ3v) is 11.4. The molecule has 16 nitrogen and oxygen atoms in total. The van der Waals surface area contributed by atoms with Crippen LogP contribution in [0.5, 0.6) is 5.75 Å². The number of benzene rings is 3. The number of likely N-dealkylation sites (tertiary alicyclic amines) is 2. The monoisotopic (exact) mass is 941 g/mol. The summed E-state index contributed by atoms with van der Waals surface area (Å²) >= 11 is 0. The van der Waals surface area contributed by atoms with Crippen molar-refractivity contribution in [2.45, 2.75) is 77.7 Å². The second kappa shape index (κ2) is 24.2. The SMILES string of the molecule is C=O.CN1CCCC1.CNc1ccc2c(c1)OC(c1c(F)c(F)cc(F)c1F)n1c-2cc2cc(NC(=O)C3CCCN3C(=O)C(NC(=O)OC)C(C)C)ccc21.COC(=O)N[C@H](C=O)C(C)C. The standard InChI is InChI=1S/C34H33F4N5O5.C7H13NO3.C5H11N.CH2O/c1-16(2)30(41-34(46)47-4)32(45)42-11-5-6-24(42)31(44)40-19-8-10-23-17(12-19)13-25-20-9-7-18(39-3)14-26(20)48-33(43(23)25)27-28(37)21(35)15-22(36)29(27)38;1-5(2)6(4-9)8-7(10)11-3;1-6-4-2-3-5-6;1-2/h7-10,12-16,24,30,33,39H,5-6,11H2,1-4H3,(H,40,44)(H,41,46);4-6H,1-3H3,(H,8,10);2-5H2,1H3;1H2/t;6-;;/m.1../s1. The Morgan fingerprint density at radius 2 is 1.42 bits per heavy atom. The number of hydrogen-bond donors (Lipinski definition) is 4. The molecule has 0 spiro atoms. The quantitative estimate of drug-likeness (QED) is 0.0712. The summed E-state index contributed by atoms with van der Waals surface area (Å²) in [7, 11) is 6.31. The summed E-state index contributed by atoms with van der Waals surface area (Å²) in [4.78, 5) is 71.6. The van der Waals surface area contributed by atoms with Crippen molar-refractivity contribution < 1.29 is 60.5 Å². The minimum absolute atomic E-state index is 0.0894. The molecule has 7 rings (SSSR count). The summed E-state index contributed by atoms with van der Waals surface area (Å²) in [5.74, 6) is -7.08. The van der Waals surface area contributed by atoms with Gasteiger partial charge in [-0.3, -0.25) is 9.59 Å². The van der Waals surface area contributed by atoms with E-state index in [0.717, 1.165) is 0 Å². The lowest BCUT2D eigenvalue weighted by Crippen LogP contribution is -2.54. The Bertz CT molecular complexity index is 2370. The van der Waals surface area contributed by atoms with Gasteiger partial charge in [0.05, 0.1) is 37.0 Å². The van der Waals surface area contributed by atoms with Gasteiger partial charge in [0.15, 0.2) is 23.3 Å². The average molecular weight is 942 g/mol. The average Bonchev–Trinajstić information content (AvgIpc) is 4.10. The maximum atomic E-state index is 15.2. The molecule has 3 aliphatic heterocycles. The molecule has 2 fully saturated rings. The van der Waals surface area contributed by atoms with Gasteiger partial charge in [-0.25, -0.2) is 27.2 Å². The van der Waals surface area contributed by atoms with E-state index in [1.165, 1.54) is 49.6 Å². The molecule has 0 saturated carbocycles. The summed E-state index contributed by atoms with van der Waals surface area (Å²) in [6.07, 6.45) is 1.58. The molecule has 4 atom stereocenters. The van der Waals surface area contributed by atoms with Crippen molar-refractivity contribution >= 4 is 59.4 Å². The summed E-state index contributed by atoms with van der Waals surface area (Å²) in [5.41, 5.74) is 1.50. The second-order valence-electron chi connectivity index (χ2n) is 16.6. The Morgan fingerprint density at radius 3 is 1.96 bits per heavy atom. The summed E-state index contributed by atoms with van der Waals surface area (Å²) < 4.78 is 75.6. The molecule has 0 aliphatic carbocycles. The fourth-order valence-corrected chi connectivity index (χ4v) is 7.77. The number of methoxy groups -OCH3 is 2. The van der Waals surface area contributed by atoms with E-state index in [4.69, 9.17) is 9.53 Å². The van der Waals surface area contributed by atoms with E-state index >= 15 is 8.78 Å². The molecule has 3 aromatic carbocycles. The number of amides is 4. The van der Waals surface area contributed by atoms with Gasteiger partial charge in [-0.15, -0.1) is 0 Å². The largest absolute Gasteiger partial charge is 0.465 e. The molecule has 20 heteroatoms. The molecule has 0 radical (unpaired) electrons. The number of carbonyl (C=O) groups excluding carboxylic acids is 6. The number of aromatic nitrogens is 1. The molecule has 4 N–H and O–H groups in total. The van der Waals surface area contributed by atoms with Crippen LogP contribution >= 0.6 is 0 Å². The first kappa shape index (κ1) is 52.9. The topological polar surface area (TPSA) is 190 Å². The van der Waals surface area contributed by atoms with Crippen LogP contribution in [0.15, 0.2) is 48.5 Å². The van der Waals surface area contributed by atoms with Gasteiger partial charge < -0.3 is 59.4 Å². The molecule has 0 bridgehead atoms. The van der Waals surface area contributed by atoms with Crippen LogP contribution in [0.4, 0.5) is 38.5 Å². The molecule has 4 aromatic rings. The van der Waals surface area contributed by atoms with Gasteiger partial charge in [-0.1, -0.05) is 27.7 Å². The number of nitrogens with zero attached hydrogens (tertiary/aromatic N) is 3. The van der Waals surface area contributed by atoms with Crippen molar-refractivity contribution in [3.05, 3.63) is 77.4 Å². The zero-order valence-electron chi connectivity index (χ0n) is 38.8. The van der Waals surface area contributed by atoms with E-state index in [1.54, 1.807) is 63.4 Å². The minimum Gasteiger partial charge on any atom is -0.465 e. The lowest BCUT2D eigenvalue weighted by Gasteiger charge is -2.31. The first-order valence-electron chi connectivity index (χ1n) is 21.6. The van der Waals surface area contributed by atoms with Crippen molar-refractivity contribution in [3.63, 3.8) is 0 Å². The van der Waals surface area contributed by atoms with Crippen LogP contribution < -0.4 is 26.0 Å². The second-order valence-corrected chi connectivity index (χ2v) is 16.6. The van der Waals surface area contributed by atoms with Gasteiger partial charge in [-0.05, 0) is 94.1 Å². The molecule has 3 unspecified atom stereocenters. The fourth-order valence-electron chi connectivity index (χ4n) is 7.77. The predicted octanol–water partition coefficient (Wildman–Crippen LogP) is 7.25. The highest BCUT2D eigenvalue weighted by atomic mass is 19.2. The summed E-state index contributed by atoms with van der Waals surface area (Å²) in [5, 5.41) is 11.3. The van der Waals surface area contributed by atoms with Crippen LogP contribution in [0, 0.1) is 35.1 Å². The Labute approximate surface area is 386 Å². The van der Waals surface area contributed by atoms with Gasteiger partial charge in [0.1, 0.15) is 30.9 Å². The molecular formula is C47H59F4N7O9. The fraction of sp³-hybridized carbons (Fsp3) is 0.447. The number of fused-ring (bicyclic) bond motifs is 5. The minimum atomic E-state index is -1.62. The van der Waals surface area contributed by atoms with Crippen molar-refractivity contribution in [1.82, 2.24) is 25.0 Å². The molecule has 3 aliphatic rings. The number of alkyl carbamates (subject to hydrolysis) is 2. The van der Waals surface area contributed by atoms with Crippen LogP contribution in [0.25, 0.3) is 22.2 Å². The van der Waals surface area contributed by atoms with E-state index in [0.29, 0.717) is 59.2 Å². The first-order valence-corrected chi connectivity index (χ1v) is 21.6. The van der Waals surface area contributed by atoms with Gasteiger partial charge in [-0.2, -0.15) is 0 Å². The Kier molecular flexibility index (Phi) is 19.1. The molecule has 4 heterocycles. The van der Waals surface area contributed by atoms with Crippen LogP contribution in [0.3, 0.4) is 0 Å². The van der Waals surface area contributed by atoms with E-state index < -0.39 is 77.2 Å². The number of aldehydes is 1. The van der Waals surface area contributed by atoms with E-state index in [-0.39, 0.29) is 23.7 Å². The van der Waals surface area contributed by atoms with Crippen LogP contribution in [-0.4, -0.2) is 118 Å². The van der Waals surface area contributed by atoms with Crippen molar-refractivity contribution in [3.8, 4) is 17.0 Å². The molecule has 2 saturated heterocycles. The molecule has 1 aromatic heterocycles. The smallest absolute Gasteiger partial charge is 0.407 e. The molecule has 67 heavy (non-hydrogen) atoms. The first-order chi connectivity index (χ1) is 31.9. The van der Waals surface area contributed by atoms with Crippen LogP contribution in [-0.2, 0) is 28.7 Å². The predicted molar refractivity (Wildman–Crippen MR) is 244 cm³/mol. The highest BCUT2D eigenvalue weighted by molar-refractivity contribution is 6.01. The van der Waals surface area contributed by atoms with Crippen LogP contribution in [0.1, 0.15) is 65.2 Å². The Morgan fingerprint density at radius 1 is 0.806 bits per heavy atom. The maximum Gasteiger partial charge on any atom is 0.407 e. The van der Waals surface area contributed by atoms with E-state index in [2.05, 4.69) is 42.7 Å². The van der Waals surface area contributed by atoms with Gasteiger partial charge in [0.25, 0.3) is 0 Å². The van der Waals surface area contributed by atoms with Gasteiger partial charge in [0, 0.05) is 48.0 Å². The van der Waals surface area contributed by atoms with Gasteiger partial charge >= 0.3 is 12.2 Å². The number of anilines is 2. The van der Waals surface area contributed by atoms with Crippen molar-refractivity contribution in [2.24, 2.45) is 11.8 Å². The molecule has 4 amide bonds. The summed E-state index contributed by atoms with van der Waals surface area (Å²) in [6, 6.07) is 9.67. The number of ether oxygens (including phenoxy) is 3. The number of hydrogen-bond acceptors (Lipinski definition) is 11. The Balaban J connectivity index is 0.000000431. The normalized spacial score (nSPS) is 16.8. The zero-order valence-corrected chi connectivity index (χ0v) is 38.8. The van der Waals surface area contributed by atoms with Crippen molar-refractivity contribution in [2.75, 3.05) is 58.6 Å². The number of halogens is 4. The lowest BCUT2D eigenvalue weighted by molar-refractivity contribution is -0.139. The number of carbonyl (C=O) groups is 6. The summed E-state index contributed by atoms with van der Waals surface area (Å²) in [6.45, 7) is 12.2. The molecular weight excluding hydrogens is 883 g/mol. The maximum absolute atomic E-state index is 15.2. The third-order valence-electron chi connectivity index (χ3n) is 11.4. The Hall–Kier alpha value is -6.70.